The third-order valence-corrected chi connectivity index (χ3v) is 3.36. The summed E-state index contributed by atoms with van der Waals surface area (Å²) in [4.78, 5) is 30.5. The van der Waals surface area contributed by atoms with Gasteiger partial charge in [-0.2, -0.15) is 0 Å². The number of H-pyrrole nitrogens is 1. The Bertz CT molecular complexity index is 893. The third-order valence-electron chi connectivity index (χ3n) is 3.36. The van der Waals surface area contributed by atoms with E-state index in [1.807, 2.05) is 0 Å². The maximum Gasteiger partial charge on any atom is 0.331 e. The fraction of sp³-hybridized carbons (Fsp3) is 0.133. The first kappa shape index (κ1) is 13.9. The molecule has 3 rings (SSSR count). The van der Waals surface area contributed by atoms with Crippen LogP contribution >= 0.6 is 0 Å². The van der Waals surface area contributed by atoms with Gasteiger partial charge in [0.25, 0.3) is 5.91 Å². The van der Waals surface area contributed by atoms with Crippen LogP contribution in [0.2, 0.25) is 0 Å². The summed E-state index contributed by atoms with van der Waals surface area (Å²) >= 11 is 0. The van der Waals surface area contributed by atoms with Gasteiger partial charge in [-0.3, -0.25) is 9.36 Å². The number of carbonyl (C=O) groups excluding carboxylic acids is 1. The monoisotopic (exact) mass is 298 g/mol. The van der Waals surface area contributed by atoms with Crippen molar-refractivity contribution in [2.45, 2.75) is 0 Å². The van der Waals surface area contributed by atoms with E-state index in [0.29, 0.717) is 28.2 Å². The van der Waals surface area contributed by atoms with Crippen molar-refractivity contribution in [3.05, 3.63) is 52.7 Å². The average Bonchev–Trinajstić information content (AvgIpc) is 2.89. The normalized spacial score (nSPS) is 10.6. The number of fused-ring (bicyclic) bond motifs is 1. The Balaban J connectivity index is 2.12. The van der Waals surface area contributed by atoms with Crippen molar-refractivity contribution in [3.63, 3.8) is 0 Å². The molecule has 0 bridgehead atoms. The first-order chi connectivity index (χ1) is 10.6. The molecule has 0 unspecified atom stereocenters. The Morgan fingerprint density at radius 2 is 2.14 bits per heavy atom. The SMILES string of the molecule is CNC(=O)c1ccc(-n2c(=O)[nH]c3cc(OC)ccc32)cn1. The summed E-state index contributed by atoms with van der Waals surface area (Å²) in [5.41, 5.74) is 1.97. The Morgan fingerprint density at radius 3 is 2.77 bits per heavy atom. The second-order valence-electron chi connectivity index (χ2n) is 4.63. The number of hydrogen-bond acceptors (Lipinski definition) is 4. The zero-order chi connectivity index (χ0) is 15.7. The van der Waals surface area contributed by atoms with Gasteiger partial charge in [0, 0.05) is 13.1 Å². The summed E-state index contributed by atoms with van der Waals surface area (Å²) in [6.45, 7) is 0. The van der Waals surface area contributed by atoms with E-state index in [4.69, 9.17) is 4.74 Å². The zero-order valence-electron chi connectivity index (χ0n) is 12.1. The van der Waals surface area contributed by atoms with Gasteiger partial charge in [-0.05, 0) is 24.3 Å². The highest BCUT2D eigenvalue weighted by atomic mass is 16.5. The predicted octanol–water partition coefficient (Wildman–Crippen LogP) is 1.08. The molecule has 112 valence electrons. The molecule has 0 aliphatic carbocycles. The second kappa shape index (κ2) is 5.36. The van der Waals surface area contributed by atoms with E-state index in [9.17, 15) is 9.59 Å². The Morgan fingerprint density at radius 1 is 1.32 bits per heavy atom. The van der Waals surface area contributed by atoms with E-state index < -0.39 is 0 Å². The van der Waals surface area contributed by atoms with Crippen molar-refractivity contribution in [2.75, 3.05) is 14.2 Å². The Kier molecular flexibility index (Phi) is 3.38. The van der Waals surface area contributed by atoms with E-state index in [2.05, 4.69) is 15.3 Å². The van der Waals surface area contributed by atoms with Gasteiger partial charge in [0.05, 0.1) is 30.0 Å². The molecular weight excluding hydrogens is 284 g/mol. The van der Waals surface area contributed by atoms with Gasteiger partial charge < -0.3 is 15.0 Å². The molecule has 0 radical (unpaired) electrons. The lowest BCUT2D eigenvalue weighted by Crippen LogP contribution is -2.20. The summed E-state index contributed by atoms with van der Waals surface area (Å²) in [6, 6.07) is 8.57. The fourth-order valence-electron chi connectivity index (χ4n) is 2.25. The largest absolute Gasteiger partial charge is 0.497 e. The average molecular weight is 298 g/mol. The van der Waals surface area contributed by atoms with Crippen molar-refractivity contribution < 1.29 is 9.53 Å². The number of hydrogen-bond donors (Lipinski definition) is 2. The molecule has 0 aliphatic rings. The van der Waals surface area contributed by atoms with Crippen LogP contribution in [0.1, 0.15) is 10.5 Å². The highest BCUT2D eigenvalue weighted by Gasteiger charge is 2.11. The fourth-order valence-corrected chi connectivity index (χ4v) is 2.25. The highest BCUT2D eigenvalue weighted by molar-refractivity contribution is 5.92. The summed E-state index contributed by atoms with van der Waals surface area (Å²) < 4.78 is 6.64. The second-order valence-corrected chi connectivity index (χ2v) is 4.63. The van der Waals surface area contributed by atoms with Crippen molar-refractivity contribution in [2.24, 2.45) is 0 Å². The molecule has 22 heavy (non-hydrogen) atoms. The van der Waals surface area contributed by atoms with Crippen molar-refractivity contribution in [1.82, 2.24) is 19.9 Å². The minimum absolute atomic E-state index is 0.275. The number of pyridine rings is 1. The van der Waals surface area contributed by atoms with Gasteiger partial charge in [-0.15, -0.1) is 0 Å². The number of nitrogens with one attached hydrogen (secondary N) is 2. The maximum atomic E-state index is 12.2. The van der Waals surface area contributed by atoms with E-state index in [1.165, 1.54) is 17.8 Å². The van der Waals surface area contributed by atoms with E-state index in [-0.39, 0.29) is 11.6 Å². The van der Waals surface area contributed by atoms with Crippen molar-refractivity contribution in [3.8, 4) is 11.4 Å². The first-order valence-corrected chi connectivity index (χ1v) is 6.61. The third kappa shape index (κ3) is 2.22. The molecule has 7 heteroatoms. The first-order valence-electron chi connectivity index (χ1n) is 6.61. The molecular formula is C15H14N4O3. The van der Waals surface area contributed by atoms with Crippen LogP contribution in [0.15, 0.2) is 41.3 Å². The molecule has 2 N–H and O–H groups in total. The number of nitrogens with zero attached hydrogens (tertiary/aromatic N) is 2. The van der Waals surface area contributed by atoms with Crippen molar-refractivity contribution in [1.29, 1.82) is 0 Å². The van der Waals surface area contributed by atoms with Crippen molar-refractivity contribution >= 4 is 16.9 Å². The van der Waals surface area contributed by atoms with Crippen LogP contribution < -0.4 is 15.7 Å². The molecule has 0 fully saturated rings. The van der Waals surface area contributed by atoms with Gasteiger partial charge in [-0.25, -0.2) is 9.78 Å². The summed E-state index contributed by atoms with van der Waals surface area (Å²) in [5.74, 6) is 0.386. The maximum absolute atomic E-state index is 12.2. The van der Waals surface area contributed by atoms with Crippen LogP contribution in [0.4, 0.5) is 0 Å². The number of methoxy groups -OCH3 is 1. The van der Waals surface area contributed by atoms with Gasteiger partial charge in [-0.1, -0.05) is 0 Å². The molecule has 0 saturated carbocycles. The minimum Gasteiger partial charge on any atom is -0.497 e. The van der Waals surface area contributed by atoms with Gasteiger partial charge in [0.1, 0.15) is 11.4 Å². The van der Waals surface area contributed by atoms with Crippen LogP contribution in [-0.4, -0.2) is 34.6 Å². The Hall–Kier alpha value is -3.09. The smallest absolute Gasteiger partial charge is 0.331 e. The molecule has 7 nitrogen and oxygen atoms in total. The molecule has 2 heterocycles. The number of carbonyl (C=O) groups is 1. The molecule has 0 aliphatic heterocycles. The zero-order valence-corrected chi connectivity index (χ0v) is 12.1. The predicted molar refractivity (Wildman–Crippen MR) is 81.6 cm³/mol. The van der Waals surface area contributed by atoms with Crippen LogP contribution in [-0.2, 0) is 0 Å². The minimum atomic E-state index is -0.280. The summed E-state index contributed by atoms with van der Waals surface area (Å²) in [7, 11) is 3.10. The van der Waals surface area contributed by atoms with E-state index in [1.54, 1.807) is 37.4 Å². The van der Waals surface area contributed by atoms with Crippen LogP contribution in [0, 0.1) is 0 Å². The number of aromatic amines is 1. The molecule has 1 aromatic carbocycles. The van der Waals surface area contributed by atoms with Crippen LogP contribution in [0.25, 0.3) is 16.7 Å². The number of imidazole rings is 1. The van der Waals surface area contributed by atoms with E-state index >= 15 is 0 Å². The summed E-state index contributed by atoms with van der Waals surface area (Å²) in [6.07, 6.45) is 1.49. The molecule has 1 amide bonds. The molecule has 0 saturated heterocycles. The lowest BCUT2D eigenvalue weighted by molar-refractivity contribution is 0.0958. The number of amides is 1. The lowest BCUT2D eigenvalue weighted by Gasteiger charge is -2.05. The summed E-state index contributed by atoms with van der Waals surface area (Å²) in [5, 5.41) is 2.50. The Labute approximate surface area is 125 Å². The number of aromatic nitrogens is 3. The number of rotatable bonds is 3. The quantitative estimate of drug-likeness (QED) is 0.757. The lowest BCUT2D eigenvalue weighted by atomic mass is 10.2. The van der Waals surface area contributed by atoms with Gasteiger partial charge >= 0.3 is 5.69 Å². The van der Waals surface area contributed by atoms with Crippen LogP contribution in [0.3, 0.4) is 0 Å². The van der Waals surface area contributed by atoms with Gasteiger partial charge in [0.2, 0.25) is 0 Å². The molecule has 3 aromatic rings. The molecule has 0 spiro atoms. The molecule has 0 atom stereocenters. The standard InChI is InChI=1S/C15H14N4O3/c1-16-14(20)11-5-3-9(8-17-11)19-13-6-4-10(22-2)7-12(13)18-15(19)21/h3-8H,1-2H3,(H,16,20)(H,18,21). The van der Waals surface area contributed by atoms with E-state index in [0.717, 1.165) is 0 Å². The highest BCUT2D eigenvalue weighted by Crippen LogP contribution is 2.20. The molecule has 2 aromatic heterocycles. The number of benzene rings is 1. The topological polar surface area (TPSA) is 89.0 Å². The van der Waals surface area contributed by atoms with Gasteiger partial charge in [0.15, 0.2) is 0 Å². The van der Waals surface area contributed by atoms with Crippen LogP contribution in [0.5, 0.6) is 5.75 Å². The number of ether oxygens (including phenoxy) is 1.